The maximum atomic E-state index is 12.3. The molecule has 1 aromatic heterocycles. The number of hydrogen-bond acceptors (Lipinski definition) is 8. The van der Waals surface area contributed by atoms with E-state index in [1.165, 1.54) is 18.1 Å². The third-order valence-corrected chi connectivity index (χ3v) is 5.71. The highest BCUT2D eigenvalue weighted by molar-refractivity contribution is 7.99. The first-order valence-corrected chi connectivity index (χ1v) is 8.55. The Hall–Kier alpha value is -1.32. The molecule has 134 valence electrons. The molecule has 0 radical (unpaired) electrons. The molecule has 2 fully saturated rings. The lowest BCUT2D eigenvalue weighted by molar-refractivity contribution is -0.151. The normalized spacial score (nSPS) is 33.3. The van der Waals surface area contributed by atoms with Gasteiger partial charge in [0, 0.05) is 11.2 Å². The van der Waals surface area contributed by atoms with E-state index in [0.29, 0.717) is 18.2 Å². The number of nitrogens with zero attached hydrogens (tertiary/aromatic N) is 2. The van der Waals surface area contributed by atoms with Gasteiger partial charge in [-0.3, -0.25) is 14.7 Å². The Balaban J connectivity index is 0.00000208. The Morgan fingerprint density at radius 1 is 1.42 bits per heavy atom. The number of aromatic amines is 1. The molecule has 10 heteroatoms. The number of H-pyrrole nitrogens is 1. The summed E-state index contributed by atoms with van der Waals surface area (Å²) in [6.45, 7) is 4.08. The van der Waals surface area contributed by atoms with Crippen LogP contribution in [0.15, 0.2) is 11.5 Å². The Labute approximate surface area is 150 Å². The monoisotopic (exact) mass is 376 g/mol. The van der Waals surface area contributed by atoms with Crippen LogP contribution in [0.1, 0.15) is 20.3 Å². The van der Waals surface area contributed by atoms with E-state index in [2.05, 4.69) is 15.2 Å². The van der Waals surface area contributed by atoms with Gasteiger partial charge < -0.3 is 15.2 Å². The summed E-state index contributed by atoms with van der Waals surface area (Å²) < 4.78 is 10.3. The van der Waals surface area contributed by atoms with Crippen LogP contribution in [0.25, 0.3) is 0 Å². The molecule has 2 aliphatic carbocycles. The highest BCUT2D eigenvalue weighted by Crippen LogP contribution is 2.65. The van der Waals surface area contributed by atoms with Crippen molar-refractivity contribution < 1.29 is 19.1 Å². The largest absolute Gasteiger partial charge is 0.466 e. The first-order valence-electron chi connectivity index (χ1n) is 7.67. The molecule has 3 rings (SSSR count). The van der Waals surface area contributed by atoms with Gasteiger partial charge in [0.15, 0.2) is 5.16 Å². The number of rotatable bonds is 6. The predicted molar refractivity (Wildman–Crippen MR) is 88.5 cm³/mol. The van der Waals surface area contributed by atoms with Gasteiger partial charge in [-0.1, -0.05) is 11.8 Å². The lowest BCUT2D eigenvalue weighted by Gasteiger charge is -2.26. The fourth-order valence-corrected chi connectivity index (χ4v) is 4.96. The molecule has 3 N–H and O–H groups in total. The second-order valence-corrected chi connectivity index (χ2v) is 7.02. The van der Waals surface area contributed by atoms with Gasteiger partial charge >= 0.3 is 11.9 Å². The maximum Gasteiger partial charge on any atom is 0.326 e. The second kappa shape index (κ2) is 7.28. The van der Waals surface area contributed by atoms with E-state index in [0.717, 1.165) is 0 Å². The molecule has 0 aromatic carbocycles. The second-order valence-electron chi connectivity index (χ2n) is 5.79. The summed E-state index contributed by atoms with van der Waals surface area (Å²) in [6, 6.07) is 0. The van der Waals surface area contributed by atoms with Gasteiger partial charge in [0.2, 0.25) is 0 Å². The van der Waals surface area contributed by atoms with Crippen molar-refractivity contribution in [3.05, 3.63) is 6.33 Å². The number of ether oxygens (including phenoxy) is 2. The van der Waals surface area contributed by atoms with Crippen LogP contribution >= 0.6 is 24.2 Å². The number of aromatic nitrogens is 3. The molecule has 8 nitrogen and oxygen atoms in total. The van der Waals surface area contributed by atoms with Gasteiger partial charge in [0.05, 0.1) is 19.1 Å². The minimum Gasteiger partial charge on any atom is -0.466 e. The van der Waals surface area contributed by atoms with Crippen molar-refractivity contribution in [2.75, 3.05) is 13.2 Å². The first-order chi connectivity index (χ1) is 11.0. The molecule has 0 aliphatic heterocycles. The number of hydrogen-bond donors (Lipinski definition) is 2. The molecule has 1 aromatic rings. The summed E-state index contributed by atoms with van der Waals surface area (Å²) in [5.41, 5.74) is 5.23. The van der Waals surface area contributed by atoms with Crippen LogP contribution in [0.3, 0.4) is 0 Å². The van der Waals surface area contributed by atoms with Gasteiger partial charge in [0.25, 0.3) is 0 Å². The zero-order valence-corrected chi connectivity index (χ0v) is 15.1. The number of thioether (sulfide) groups is 1. The minimum absolute atomic E-state index is 0. The molecule has 2 aliphatic rings. The van der Waals surface area contributed by atoms with Crippen molar-refractivity contribution in [1.82, 2.24) is 15.2 Å². The van der Waals surface area contributed by atoms with Gasteiger partial charge in [-0.05, 0) is 26.2 Å². The molecule has 0 unspecified atom stereocenters. The standard InChI is InChI=1S/C14H20N4O4S.ClH/c1-3-21-11(19)9-8-7(23-13-16-6-17-18-13)5-14(15,10(8)9)12(20)22-4-2;/h6-10H,3-5,15H2,1-2H3,(H,16,17,18);1H/t7-,8+,9+,10+,14+;/m1./s1. The topological polar surface area (TPSA) is 120 Å². The number of nitrogens with one attached hydrogen (secondary N) is 1. The zero-order valence-electron chi connectivity index (χ0n) is 13.4. The average molecular weight is 377 g/mol. The van der Waals surface area contributed by atoms with Crippen LogP contribution in [0, 0.1) is 17.8 Å². The van der Waals surface area contributed by atoms with E-state index in [1.54, 1.807) is 13.8 Å². The number of esters is 2. The van der Waals surface area contributed by atoms with E-state index in [-0.39, 0.29) is 48.0 Å². The van der Waals surface area contributed by atoms with Crippen LogP contribution in [-0.4, -0.2) is 51.1 Å². The van der Waals surface area contributed by atoms with E-state index in [4.69, 9.17) is 15.2 Å². The van der Waals surface area contributed by atoms with Crippen molar-refractivity contribution in [3.63, 3.8) is 0 Å². The lowest BCUT2D eigenvalue weighted by Crippen LogP contribution is -2.51. The molecule has 0 amide bonds. The number of carbonyl (C=O) groups is 2. The molecule has 2 saturated carbocycles. The van der Waals surface area contributed by atoms with Crippen molar-refractivity contribution in [3.8, 4) is 0 Å². The molecular formula is C14H21ClN4O4S. The quantitative estimate of drug-likeness (QED) is 0.698. The fourth-order valence-electron chi connectivity index (χ4n) is 3.61. The van der Waals surface area contributed by atoms with E-state index in [9.17, 15) is 9.59 Å². The number of carbonyl (C=O) groups excluding carboxylic acids is 2. The minimum atomic E-state index is -1.14. The van der Waals surface area contributed by atoms with Crippen molar-refractivity contribution in [2.45, 2.75) is 36.2 Å². The summed E-state index contributed by atoms with van der Waals surface area (Å²) in [4.78, 5) is 28.6. The van der Waals surface area contributed by atoms with E-state index < -0.39 is 11.5 Å². The summed E-state index contributed by atoms with van der Waals surface area (Å²) >= 11 is 1.46. The van der Waals surface area contributed by atoms with Crippen molar-refractivity contribution >= 4 is 36.1 Å². The fraction of sp³-hybridized carbons (Fsp3) is 0.714. The Kier molecular flexibility index (Phi) is 5.77. The van der Waals surface area contributed by atoms with Crippen LogP contribution in [-0.2, 0) is 19.1 Å². The smallest absolute Gasteiger partial charge is 0.326 e. The Morgan fingerprint density at radius 3 is 2.71 bits per heavy atom. The summed E-state index contributed by atoms with van der Waals surface area (Å²) in [6.07, 6.45) is 1.87. The number of nitrogens with two attached hydrogens (primary N) is 1. The first kappa shape index (κ1) is 19.0. The highest BCUT2D eigenvalue weighted by Gasteiger charge is 2.74. The molecule has 0 spiro atoms. The van der Waals surface area contributed by atoms with E-state index >= 15 is 0 Å². The van der Waals surface area contributed by atoms with Crippen LogP contribution < -0.4 is 5.73 Å². The SMILES string of the molecule is CCOC(=O)[C@H]1[C@H]2[C@@H]1[C@](N)(C(=O)OCC)C[C@H]2Sc1ncn[nH]1.Cl. The predicted octanol–water partition coefficient (Wildman–Crippen LogP) is 0.777. The van der Waals surface area contributed by atoms with Crippen LogP contribution in [0.4, 0.5) is 0 Å². The zero-order chi connectivity index (χ0) is 16.6. The van der Waals surface area contributed by atoms with Crippen molar-refractivity contribution in [2.24, 2.45) is 23.5 Å². The Bertz CT molecular complexity index is 602. The molecule has 0 bridgehead atoms. The summed E-state index contributed by atoms with van der Waals surface area (Å²) in [5, 5.41) is 7.25. The molecule has 0 saturated heterocycles. The van der Waals surface area contributed by atoms with Gasteiger partial charge in [0.1, 0.15) is 11.9 Å². The van der Waals surface area contributed by atoms with Gasteiger partial charge in [-0.2, -0.15) is 5.10 Å². The van der Waals surface area contributed by atoms with Crippen molar-refractivity contribution in [1.29, 1.82) is 0 Å². The molecule has 5 atom stereocenters. The summed E-state index contributed by atoms with van der Waals surface area (Å²) in [5.74, 6) is -1.31. The molecular weight excluding hydrogens is 356 g/mol. The molecule has 24 heavy (non-hydrogen) atoms. The lowest BCUT2D eigenvalue weighted by atomic mass is 9.91. The van der Waals surface area contributed by atoms with Gasteiger partial charge in [-0.25, -0.2) is 4.98 Å². The van der Waals surface area contributed by atoms with Crippen LogP contribution in [0.5, 0.6) is 0 Å². The van der Waals surface area contributed by atoms with Crippen LogP contribution in [0.2, 0.25) is 0 Å². The number of halogens is 1. The molecule has 1 heterocycles. The Morgan fingerprint density at radius 2 is 2.12 bits per heavy atom. The summed E-state index contributed by atoms with van der Waals surface area (Å²) in [7, 11) is 0. The maximum absolute atomic E-state index is 12.3. The third-order valence-electron chi connectivity index (χ3n) is 4.51. The highest BCUT2D eigenvalue weighted by atomic mass is 35.5. The average Bonchev–Trinajstić information content (AvgIpc) is 2.94. The van der Waals surface area contributed by atoms with E-state index in [1.807, 2.05) is 0 Å². The third kappa shape index (κ3) is 3.12. The number of fused-ring (bicyclic) bond motifs is 1. The van der Waals surface area contributed by atoms with Gasteiger partial charge in [-0.15, -0.1) is 12.4 Å².